The van der Waals surface area contributed by atoms with E-state index in [1.807, 2.05) is 0 Å². The average Bonchev–Trinajstić information content (AvgIpc) is 3.13. The molecule has 0 bridgehead atoms. The molecule has 0 saturated carbocycles. The Kier molecular flexibility index (Phi) is 3.75. The molecular formula is C15H16N4O4. The van der Waals surface area contributed by atoms with Crippen molar-refractivity contribution < 1.29 is 14.3 Å². The van der Waals surface area contributed by atoms with Gasteiger partial charge in [0, 0.05) is 12.7 Å². The molecule has 0 aromatic carbocycles. The van der Waals surface area contributed by atoms with E-state index in [2.05, 4.69) is 15.4 Å². The first kappa shape index (κ1) is 15.0. The van der Waals surface area contributed by atoms with E-state index in [-0.39, 0.29) is 23.1 Å². The van der Waals surface area contributed by atoms with Crippen LogP contribution in [0.15, 0.2) is 33.7 Å². The predicted molar refractivity (Wildman–Crippen MR) is 82.1 cm³/mol. The van der Waals surface area contributed by atoms with E-state index in [1.165, 1.54) is 10.9 Å². The number of furan rings is 1. The predicted octanol–water partition coefficient (Wildman–Crippen LogP) is 0.626. The van der Waals surface area contributed by atoms with Crippen LogP contribution in [0.2, 0.25) is 0 Å². The molecule has 0 radical (unpaired) electrons. The number of aromatic nitrogens is 3. The van der Waals surface area contributed by atoms with Crippen molar-refractivity contribution in [2.45, 2.75) is 13.0 Å². The molecule has 3 heterocycles. The summed E-state index contributed by atoms with van der Waals surface area (Å²) >= 11 is 0. The number of aliphatic hydroxyl groups excluding tert-OH is 1. The minimum atomic E-state index is -0.957. The number of hydrogen-bond acceptors (Lipinski definition) is 5. The highest BCUT2D eigenvalue weighted by Gasteiger charge is 2.19. The smallest absolute Gasteiger partial charge is 0.274 e. The molecule has 0 fully saturated rings. The third-order valence-electron chi connectivity index (χ3n) is 3.51. The summed E-state index contributed by atoms with van der Waals surface area (Å²) in [6.45, 7) is 1.71. The van der Waals surface area contributed by atoms with Gasteiger partial charge in [0.15, 0.2) is 5.65 Å². The monoisotopic (exact) mass is 316 g/mol. The third kappa shape index (κ3) is 2.76. The number of nitrogens with zero attached hydrogens (tertiary/aromatic N) is 2. The van der Waals surface area contributed by atoms with Crippen molar-refractivity contribution in [3.63, 3.8) is 0 Å². The van der Waals surface area contributed by atoms with Crippen LogP contribution in [0.3, 0.4) is 0 Å². The summed E-state index contributed by atoms with van der Waals surface area (Å²) in [4.78, 5) is 28.7. The number of H-pyrrole nitrogens is 1. The molecule has 3 aromatic heterocycles. The van der Waals surface area contributed by atoms with Gasteiger partial charge in [-0.25, -0.2) is 4.98 Å². The first-order valence-electron chi connectivity index (χ1n) is 7.03. The Bertz CT molecular complexity index is 908. The lowest BCUT2D eigenvalue weighted by molar-refractivity contribution is 0.0902. The number of fused-ring (bicyclic) bond motifs is 1. The van der Waals surface area contributed by atoms with Crippen LogP contribution in [0.4, 0.5) is 0 Å². The minimum Gasteiger partial charge on any atom is -0.467 e. The summed E-state index contributed by atoms with van der Waals surface area (Å²) in [5.41, 5.74) is 0.864. The molecule has 8 nitrogen and oxygen atoms in total. The molecule has 3 rings (SSSR count). The first-order valence-corrected chi connectivity index (χ1v) is 7.03. The van der Waals surface area contributed by atoms with Crippen LogP contribution in [0, 0.1) is 6.92 Å². The van der Waals surface area contributed by atoms with Crippen molar-refractivity contribution in [1.82, 2.24) is 20.1 Å². The number of aromatic amines is 1. The number of amides is 1. The SMILES string of the molecule is Cc1cc(C(=O)NCC(O)c2ccco2)c2c(=O)[nH]n(C)c2n1. The highest BCUT2D eigenvalue weighted by molar-refractivity contribution is 6.05. The van der Waals surface area contributed by atoms with Crippen LogP contribution in [0.25, 0.3) is 11.0 Å². The number of carbonyl (C=O) groups is 1. The maximum atomic E-state index is 12.4. The van der Waals surface area contributed by atoms with E-state index in [0.717, 1.165) is 0 Å². The maximum Gasteiger partial charge on any atom is 0.274 e. The van der Waals surface area contributed by atoms with Crippen molar-refractivity contribution >= 4 is 16.9 Å². The molecule has 0 aliphatic carbocycles. The van der Waals surface area contributed by atoms with Crippen molar-refractivity contribution in [1.29, 1.82) is 0 Å². The Morgan fingerprint density at radius 2 is 2.35 bits per heavy atom. The second-order valence-electron chi connectivity index (χ2n) is 5.25. The summed E-state index contributed by atoms with van der Waals surface area (Å²) in [5.74, 6) is -0.0956. The Labute approximate surface area is 130 Å². The fourth-order valence-electron chi connectivity index (χ4n) is 2.43. The standard InChI is InChI=1S/C15H16N4O4/c1-8-6-9(12-13(17-8)19(2)18-15(12)22)14(21)16-7-10(20)11-4-3-5-23-11/h3-6,10,20H,7H2,1-2H3,(H,16,21)(H,18,22). The Morgan fingerprint density at radius 3 is 3.04 bits per heavy atom. The van der Waals surface area contributed by atoms with Gasteiger partial charge in [-0.15, -0.1) is 0 Å². The normalized spacial score (nSPS) is 12.5. The molecule has 3 N–H and O–H groups in total. The van der Waals surface area contributed by atoms with E-state index < -0.39 is 12.0 Å². The maximum absolute atomic E-state index is 12.4. The average molecular weight is 316 g/mol. The first-order chi connectivity index (χ1) is 11.0. The largest absolute Gasteiger partial charge is 0.467 e. The Morgan fingerprint density at radius 1 is 1.57 bits per heavy atom. The number of pyridine rings is 1. The number of carbonyl (C=O) groups excluding carboxylic acids is 1. The van der Waals surface area contributed by atoms with Gasteiger partial charge in [0.1, 0.15) is 11.9 Å². The minimum absolute atomic E-state index is 0.0278. The van der Waals surface area contributed by atoms with Gasteiger partial charge in [0.05, 0.1) is 23.8 Å². The molecule has 120 valence electrons. The molecule has 0 spiro atoms. The third-order valence-corrected chi connectivity index (χ3v) is 3.51. The molecule has 1 amide bonds. The van der Waals surface area contributed by atoms with Gasteiger partial charge in [-0.05, 0) is 25.1 Å². The number of hydrogen-bond donors (Lipinski definition) is 3. The van der Waals surface area contributed by atoms with Gasteiger partial charge >= 0.3 is 0 Å². The number of nitrogens with one attached hydrogen (secondary N) is 2. The van der Waals surface area contributed by atoms with Crippen molar-refractivity contribution in [3.05, 3.63) is 51.8 Å². The summed E-state index contributed by atoms with van der Waals surface area (Å²) < 4.78 is 6.55. The lowest BCUT2D eigenvalue weighted by Crippen LogP contribution is -2.29. The molecule has 1 unspecified atom stereocenters. The highest BCUT2D eigenvalue weighted by Crippen LogP contribution is 2.15. The molecule has 8 heteroatoms. The van der Waals surface area contributed by atoms with Crippen molar-refractivity contribution in [3.8, 4) is 0 Å². The van der Waals surface area contributed by atoms with E-state index in [1.54, 1.807) is 32.2 Å². The van der Waals surface area contributed by atoms with Gasteiger partial charge < -0.3 is 14.8 Å². The lowest BCUT2D eigenvalue weighted by atomic mass is 10.1. The van der Waals surface area contributed by atoms with Gasteiger partial charge in [-0.3, -0.25) is 19.4 Å². The lowest BCUT2D eigenvalue weighted by Gasteiger charge is -2.10. The van der Waals surface area contributed by atoms with Crippen molar-refractivity contribution in [2.75, 3.05) is 6.54 Å². The second-order valence-corrected chi connectivity index (χ2v) is 5.25. The van der Waals surface area contributed by atoms with Crippen LogP contribution in [0.1, 0.15) is 27.9 Å². The molecule has 1 atom stereocenters. The van der Waals surface area contributed by atoms with Crippen LogP contribution < -0.4 is 10.9 Å². The van der Waals surface area contributed by atoms with Crippen LogP contribution in [0.5, 0.6) is 0 Å². The molecule has 0 aliphatic rings. The van der Waals surface area contributed by atoms with Crippen molar-refractivity contribution in [2.24, 2.45) is 7.05 Å². The summed E-state index contributed by atoms with van der Waals surface area (Å²) in [5, 5.41) is 15.3. The molecule has 3 aromatic rings. The molecular weight excluding hydrogens is 300 g/mol. The molecule has 0 saturated heterocycles. The Hall–Kier alpha value is -2.87. The number of aliphatic hydroxyl groups is 1. The number of rotatable bonds is 4. The molecule has 0 aliphatic heterocycles. The fourth-order valence-corrected chi connectivity index (χ4v) is 2.43. The van der Waals surface area contributed by atoms with Gasteiger partial charge in [-0.2, -0.15) is 0 Å². The fraction of sp³-hybridized carbons (Fsp3) is 0.267. The number of aryl methyl sites for hydroxylation is 2. The van der Waals surface area contributed by atoms with Crippen LogP contribution in [-0.2, 0) is 7.05 Å². The quantitative estimate of drug-likeness (QED) is 0.653. The zero-order chi connectivity index (χ0) is 16.6. The Balaban J connectivity index is 1.88. The summed E-state index contributed by atoms with van der Waals surface area (Å²) in [6, 6.07) is 4.82. The zero-order valence-electron chi connectivity index (χ0n) is 12.7. The van der Waals surface area contributed by atoms with E-state index in [9.17, 15) is 14.7 Å². The second kappa shape index (κ2) is 5.73. The van der Waals surface area contributed by atoms with Gasteiger partial charge in [0.25, 0.3) is 11.5 Å². The summed E-state index contributed by atoms with van der Waals surface area (Å²) in [7, 11) is 1.65. The van der Waals surface area contributed by atoms with E-state index >= 15 is 0 Å². The molecule has 23 heavy (non-hydrogen) atoms. The highest BCUT2D eigenvalue weighted by atomic mass is 16.4. The topological polar surface area (TPSA) is 113 Å². The van der Waals surface area contributed by atoms with Gasteiger partial charge in [-0.1, -0.05) is 0 Å². The van der Waals surface area contributed by atoms with Crippen LogP contribution >= 0.6 is 0 Å². The van der Waals surface area contributed by atoms with Crippen LogP contribution in [-0.4, -0.2) is 32.3 Å². The van der Waals surface area contributed by atoms with E-state index in [4.69, 9.17) is 4.42 Å². The van der Waals surface area contributed by atoms with E-state index in [0.29, 0.717) is 17.1 Å². The zero-order valence-corrected chi connectivity index (χ0v) is 12.7. The van der Waals surface area contributed by atoms with Gasteiger partial charge in [0.2, 0.25) is 0 Å². The summed E-state index contributed by atoms with van der Waals surface area (Å²) in [6.07, 6.45) is 0.487.